The van der Waals surface area contributed by atoms with Crippen molar-refractivity contribution in [1.82, 2.24) is 24.3 Å². The van der Waals surface area contributed by atoms with Gasteiger partial charge in [0, 0.05) is 62.7 Å². The molecule has 2 aromatic heterocycles. The largest absolute Gasteiger partial charge is 0.573 e. The van der Waals surface area contributed by atoms with Gasteiger partial charge in [0.15, 0.2) is 11.6 Å². The molecule has 0 radical (unpaired) electrons. The Hall–Kier alpha value is -3.08. The summed E-state index contributed by atoms with van der Waals surface area (Å²) in [6.45, 7) is 6.76. The number of nitrogens with zero attached hydrogens (tertiary/aromatic N) is 5. The van der Waals surface area contributed by atoms with Crippen LogP contribution in [0.2, 0.25) is 0 Å². The zero-order valence-corrected chi connectivity index (χ0v) is 17.7. The summed E-state index contributed by atoms with van der Waals surface area (Å²) in [6.07, 6.45) is 0.898. The van der Waals surface area contributed by atoms with E-state index in [0.717, 1.165) is 30.9 Å². The summed E-state index contributed by atoms with van der Waals surface area (Å²) < 4.78 is 43.9. The average molecular weight is 450 g/mol. The molecular weight excluding hydrogens is 425 g/mol. The Kier molecular flexibility index (Phi) is 5.85. The number of carbonyl (C=O) groups excluding carboxylic acids is 1. The lowest BCUT2D eigenvalue weighted by Crippen LogP contribution is -2.48. The molecule has 1 aliphatic heterocycles. The first-order valence-corrected chi connectivity index (χ1v) is 10.4. The molecule has 0 aromatic carbocycles. The fraction of sp³-hybridized carbons (Fsp3) is 0.476. The van der Waals surface area contributed by atoms with Gasteiger partial charge in [-0.2, -0.15) is 0 Å². The highest BCUT2D eigenvalue weighted by Gasteiger charge is 2.33. The zero-order chi connectivity index (χ0) is 23.0. The van der Waals surface area contributed by atoms with Gasteiger partial charge in [0.05, 0.1) is 12.2 Å². The van der Waals surface area contributed by atoms with Gasteiger partial charge >= 0.3 is 6.36 Å². The molecule has 0 unspecified atom stereocenters. The fourth-order valence-electron chi connectivity index (χ4n) is 3.62. The van der Waals surface area contributed by atoms with Crippen LogP contribution in [0, 0.1) is 0 Å². The molecule has 1 amide bonds. The van der Waals surface area contributed by atoms with Gasteiger partial charge in [-0.15, -0.1) is 13.2 Å². The second-order valence-corrected chi connectivity index (χ2v) is 8.19. The molecule has 0 spiro atoms. The van der Waals surface area contributed by atoms with E-state index in [-0.39, 0.29) is 11.7 Å². The van der Waals surface area contributed by atoms with E-state index in [0.29, 0.717) is 43.2 Å². The van der Waals surface area contributed by atoms with Crippen molar-refractivity contribution in [3.8, 4) is 17.0 Å². The highest BCUT2D eigenvalue weighted by molar-refractivity contribution is 5.78. The highest BCUT2D eigenvalue weighted by Crippen LogP contribution is 2.42. The van der Waals surface area contributed by atoms with E-state index in [1.165, 1.54) is 12.3 Å². The number of hydrogen-bond donors (Lipinski definition) is 1. The minimum Gasteiger partial charge on any atom is -0.402 e. The van der Waals surface area contributed by atoms with Gasteiger partial charge in [0.1, 0.15) is 5.82 Å². The molecule has 172 valence electrons. The Balaban J connectivity index is 1.52. The Morgan fingerprint density at radius 3 is 2.75 bits per heavy atom. The molecule has 3 heterocycles. The van der Waals surface area contributed by atoms with Crippen LogP contribution in [0.25, 0.3) is 17.0 Å². The van der Waals surface area contributed by atoms with Crippen LogP contribution in [0.15, 0.2) is 25.0 Å². The average Bonchev–Trinajstić information content (AvgIpc) is 3.47. The number of hydrogen-bond acceptors (Lipinski definition) is 6. The van der Waals surface area contributed by atoms with Crippen molar-refractivity contribution in [2.45, 2.75) is 31.5 Å². The Morgan fingerprint density at radius 2 is 2.09 bits per heavy atom. The van der Waals surface area contributed by atoms with E-state index in [2.05, 4.69) is 26.2 Å². The number of pyridine rings is 1. The number of anilines is 1. The molecule has 11 heteroatoms. The number of piperazine rings is 1. The van der Waals surface area contributed by atoms with Crippen LogP contribution in [0.4, 0.5) is 19.0 Å². The predicted molar refractivity (Wildman–Crippen MR) is 113 cm³/mol. The molecule has 1 saturated carbocycles. The van der Waals surface area contributed by atoms with Crippen LogP contribution in [-0.2, 0) is 4.79 Å². The number of imidazole rings is 1. The first-order valence-electron chi connectivity index (χ1n) is 10.4. The number of carbonyl (C=O) groups is 1. The van der Waals surface area contributed by atoms with Crippen LogP contribution >= 0.6 is 0 Å². The molecule has 4 rings (SSSR count). The van der Waals surface area contributed by atoms with Crippen molar-refractivity contribution in [2.75, 3.05) is 39.0 Å². The summed E-state index contributed by atoms with van der Waals surface area (Å²) in [7, 11) is 1.80. The maximum absolute atomic E-state index is 12.7. The molecule has 2 aromatic rings. The molecule has 0 bridgehead atoms. The molecule has 0 atom stereocenters. The van der Waals surface area contributed by atoms with Crippen molar-refractivity contribution in [3.05, 3.63) is 30.9 Å². The normalized spacial score (nSPS) is 17.6. The molecule has 2 fully saturated rings. The van der Waals surface area contributed by atoms with Crippen LogP contribution in [0.5, 0.6) is 5.75 Å². The van der Waals surface area contributed by atoms with Crippen LogP contribution in [-0.4, -0.2) is 69.8 Å². The molecular formula is C21H25F3N6O2. The van der Waals surface area contributed by atoms with Crippen LogP contribution in [0.3, 0.4) is 0 Å². The minimum atomic E-state index is -4.87. The monoisotopic (exact) mass is 450 g/mol. The summed E-state index contributed by atoms with van der Waals surface area (Å²) in [6, 6.07) is 1.19. The highest BCUT2D eigenvalue weighted by atomic mass is 19.4. The molecule has 1 saturated heterocycles. The third kappa shape index (κ3) is 5.04. The van der Waals surface area contributed by atoms with Gasteiger partial charge < -0.3 is 19.9 Å². The van der Waals surface area contributed by atoms with E-state index in [9.17, 15) is 18.0 Å². The minimum absolute atomic E-state index is 0.0955. The molecule has 2 aliphatic rings. The number of alkyl halides is 3. The summed E-state index contributed by atoms with van der Waals surface area (Å²) in [5.74, 6) is 0.307. The van der Waals surface area contributed by atoms with E-state index in [4.69, 9.17) is 5.73 Å². The van der Waals surface area contributed by atoms with Gasteiger partial charge in [0.2, 0.25) is 5.91 Å². The van der Waals surface area contributed by atoms with Crippen molar-refractivity contribution < 1.29 is 22.7 Å². The predicted octanol–water partition coefficient (Wildman–Crippen LogP) is 2.94. The Bertz CT molecular complexity index is 1030. The number of aromatic nitrogens is 3. The number of nitrogen functional groups attached to an aromatic ring is 1. The van der Waals surface area contributed by atoms with E-state index >= 15 is 0 Å². The first kappa shape index (κ1) is 22.1. The standard InChI is InChI=1S/C21H25F3N6O2/c1-13(5-6-29-8-7-28(2)18(31)12-29)30-11-16(27-20(30)14-3-4-14)15-9-17(19(25)26-10-15)32-21(22,23)24/h9-11,14H,1,3-8,12H2,2H3,(H2,25,26). The van der Waals surface area contributed by atoms with E-state index in [1.54, 1.807) is 18.1 Å². The molecule has 8 nitrogen and oxygen atoms in total. The summed E-state index contributed by atoms with van der Waals surface area (Å²) in [5.41, 5.74) is 7.20. The van der Waals surface area contributed by atoms with Gasteiger partial charge in [-0.1, -0.05) is 6.58 Å². The third-order valence-corrected chi connectivity index (χ3v) is 5.67. The second-order valence-electron chi connectivity index (χ2n) is 8.19. The van der Waals surface area contributed by atoms with Crippen molar-refractivity contribution in [3.63, 3.8) is 0 Å². The Labute approximate surface area is 183 Å². The van der Waals surface area contributed by atoms with Crippen molar-refractivity contribution in [2.24, 2.45) is 0 Å². The topological polar surface area (TPSA) is 89.5 Å². The van der Waals surface area contributed by atoms with E-state index < -0.39 is 12.1 Å². The molecule has 2 N–H and O–H groups in total. The van der Waals surface area contributed by atoms with Gasteiger partial charge in [-0.3, -0.25) is 9.69 Å². The number of likely N-dealkylation sites (N-methyl/N-ethyl adjacent to an activating group) is 1. The zero-order valence-electron chi connectivity index (χ0n) is 17.7. The summed E-state index contributed by atoms with van der Waals surface area (Å²) in [4.78, 5) is 24.2. The van der Waals surface area contributed by atoms with Crippen LogP contribution < -0.4 is 10.5 Å². The second kappa shape index (κ2) is 8.45. The van der Waals surface area contributed by atoms with E-state index in [1.807, 2.05) is 4.57 Å². The van der Waals surface area contributed by atoms with Gasteiger partial charge in [-0.05, 0) is 18.9 Å². The quantitative estimate of drug-likeness (QED) is 0.698. The number of ether oxygens (including phenoxy) is 1. The smallest absolute Gasteiger partial charge is 0.402 e. The SMILES string of the molecule is C=C(CCN1CCN(C)C(=O)C1)n1cc(-c2cnc(N)c(OC(F)(F)F)c2)nc1C1CC1. The first-order chi connectivity index (χ1) is 15.1. The summed E-state index contributed by atoms with van der Waals surface area (Å²) in [5, 5.41) is 0. The lowest BCUT2D eigenvalue weighted by atomic mass is 10.2. The van der Waals surface area contributed by atoms with Gasteiger partial charge in [0.25, 0.3) is 0 Å². The maximum atomic E-state index is 12.7. The lowest BCUT2D eigenvalue weighted by Gasteiger charge is -2.32. The maximum Gasteiger partial charge on any atom is 0.573 e. The van der Waals surface area contributed by atoms with Crippen molar-refractivity contribution >= 4 is 17.4 Å². The number of rotatable bonds is 7. The number of nitrogens with two attached hydrogens (primary N) is 1. The summed E-state index contributed by atoms with van der Waals surface area (Å²) >= 11 is 0. The van der Waals surface area contributed by atoms with Gasteiger partial charge in [-0.25, -0.2) is 9.97 Å². The lowest BCUT2D eigenvalue weighted by molar-refractivity contribution is -0.274. The number of halogens is 3. The fourth-order valence-corrected chi connectivity index (χ4v) is 3.62. The third-order valence-electron chi connectivity index (χ3n) is 5.67. The Morgan fingerprint density at radius 1 is 1.34 bits per heavy atom. The molecule has 32 heavy (non-hydrogen) atoms. The number of amides is 1. The molecule has 1 aliphatic carbocycles. The van der Waals surface area contributed by atoms with Crippen molar-refractivity contribution in [1.29, 1.82) is 0 Å². The van der Waals surface area contributed by atoms with Crippen LogP contribution in [0.1, 0.15) is 31.0 Å².